The van der Waals surface area contributed by atoms with Crippen molar-refractivity contribution in [1.29, 1.82) is 0 Å². The number of nitrogens with zero attached hydrogens (tertiary/aromatic N) is 2. The molecule has 1 unspecified atom stereocenters. The van der Waals surface area contributed by atoms with Gasteiger partial charge in [-0.1, -0.05) is 39.0 Å². The van der Waals surface area contributed by atoms with E-state index < -0.39 is 32.9 Å². The van der Waals surface area contributed by atoms with Crippen LogP contribution in [0.3, 0.4) is 0 Å². The van der Waals surface area contributed by atoms with Crippen molar-refractivity contribution in [1.82, 2.24) is 9.80 Å². The normalized spacial score (nSPS) is 34.3. The van der Waals surface area contributed by atoms with Crippen LogP contribution in [0.25, 0.3) is 0 Å². The number of unbranched alkanes of at least 4 members (excludes halogenated alkanes) is 2. The molecule has 0 bridgehead atoms. The molecule has 4 heterocycles. The summed E-state index contributed by atoms with van der Waals surface area (Å²) in [6.07, 6.45) is 10.9. The molecule has 8 heteroatoms. The molecule has 0 aromatic heterocycles. The Morgan fingerprint density at radius 2 is 1.75 bits per heavy atom. The van der Waals surface area contributed by atoms with Crippen molar-refractivity contribution in [3.05, 3.63) is 24.3 Å². The first-order chi connectivity index (χ1) is 16.8. The Labute approximate surface area is 219 Å². The lowest BCUT2D eigenvalue weighted by Gasteiger charge is -2.44. The van der Waals surface area contributed by atoms with Crippen molar-refractivity contribution in [2.75, 3.05) is 26.3 Å². The molecule has 0 aromatic rings. The highest BCUT2D eigenvalue weighted by molar-refractivity contribution is 8.02. The fraction of sp³-hybridized carbons (Fsp3) is 0.750. The molecule has 0 saturated carbocycles. The van der Waals surface area contributed by atoms with E-state index in [9.17, 15) is 19.5 Å². The summed E-state index contributed by atoms with van der Waals surface area (Å²) in [5, 5.41) is 9.23. The largest absolute Gasteiger partial charge is 0.461 e. The Hall–Kier alpha value is -1.80. The van der Waals surface area contributed by atoms with Crippen LogP contribution in [0.2, 0.25) is 0 Å². The molecular formula is C28H42N2O5S. The first-order valence-corrected chi connectivity index (χ1v) is 14.0. The number of carbonyl (C=O) groups is 3. The summed E-state index contributed by atoms with van der Waals surface area (Å²) in [7, 11) is 0. The van der Waals surface area contributed by atoms with Gasteiger partial charge < -0.3 is 19.6 Å². The van der Waals surface area contributed by atoms with Crippen LogP contribution in [0, 0.1) is 17.3 Å². The number of cyclic esters (lactones) is 1. The average Bonchev–Trinajstić information content (AvgIpc) is 2.99. The van der Waals surface area contributed by atoms with Crippen LogP contribution in [0.5, 0.6) is 0 Å². The molecule has 5 atom stereocenters. The van der Waals surface area contributed by atoms with E-state index in [4.69, 9.17) is 4.74 Å². The van der Waals surface area contributed by atoms with Crippen LogP contribution in [0.15, 0.2) is 24.3 Å². The molecule has 2 amide bonds. The Morgan fingerprint density at radius 3 is 2.42 bits per heavy atom. The van der Waals surface area contributed by atoms with Gasteiger partial charge in [0.1, 0.15) is 12.6 Å². The summed E-state index contributed by atoms with van der Waals surface area (Å²) in [6.45, 7) is 14.0. The number of hydrogen-bond donors (Lipinski definition) is 1. The maximum Gasteiger partial charge on any atom is 0.311 e. The minimum atomic E-state index is -0.835. The molecule has 7 nitrogen and oxygen atoms in total. The van der Waals surface area contributed by atoms with Crippen molar-refractivity contribution < 1.29 is 24.2 Å². The van der Waals surface area contributed by atoms with Crippen LogP contribution in [-0.4, -0.2) is 80.1 Å². The van der Waals surface area contributed by atoms with Gasteiger partial charge in [0.05, 0.1) is 16.6 Å². The Bertz CT molecular complexity index is 969. The summed E-state index contributed by atoms with van der Waals surface area (Å²) >= 11 is 1.59. The summed E-state index contributed by atoms with van der Waals surface area (Å²) in [6, 6.07) is -0.683. The number of likely N-dealkylation sites (tertiary alicyclic amines) is 1. The van der Waals surface area contributed by atoms with Gasteiger partial charge in [-0.25, -0.2) is 0 Å². The van der Waals surface area contributed by atoms with E-state index in [1.165, 1.54) is 0 Å². The first-order valence-electron chi connectivity index (χ1n) is 13.2. The van der Waals surface area contributed by atoms with Gasteiger partial charge in [-0.2, -0.15) is 0 Å². The Kier molecular flexibility index (Phi) is 7.19. The first kappa shape index (κ1) is 27.2. The monoisotopic (exact) mass is 518 g/mol. The number of esters is 1. The zero-order chi connectivity index (χ0) is 26.5. The lowest BCUT2D eigenvalue weighted by Crippen LogP contribution is -2.58. The number of rotatable bonds is 7. The van der Waals surface area contributed by atoms with Crippen LogP contribution in [0.4, 0.5) is 0 Å². The van der Waals surface area contributed by atoms with E-state index in [2.05, 4.69) is 40.7 Å². The van der Waals surface area contributed by atoms with Crippen molar-refractivity contribution >= 4 is 29.5 Å². The predicted octanol–water partition coefficient (Wildman–Crippen LogP) is 3.56. The lowest BCUT2D eigenvalue weighted by molar-refractivity contribution is -0.152. The molecule has 1 spiro atoms. The van der Waals surface area contributed by atoms with E-state index >= 15 is 0 Å². The molecule has 0 aromatic carbocycles. The molecule has 0 radical (unpaired) electrons. The topological polar surface area (TPSA) is 87.2 Å². The predicted molar refractivity (Wildman–Crippen MR) is 141 cm³/mol. The molecule has 36 heavy (non-hydrogen) atoms. The molecule has 4 aliphatic heterocycles. The van der Waals surface area contributed by atoms with E-state index in [1.54, 1.807) is 16.7 Å². The Balaban J connectivity index is 1.79. The van der Waals surface area contributed by atoms with Gasteiger partial charge in [0.25, 0.3) is 0 Å². The van der Waals surface area contributed by atoms with E-state index in [0.717, 1.165) is 12.8 Å². The average molecular weight is 519 g/mol. The second-order valence-corrected chi connectivity index (χ2v) is 14.5. The van der Waals surface area contributed by atoms with Gasteiger partial charge in [-0.15, -0.1) is 11.8 Å². The molecule has 200 valence electrons. The summed E-state index contributed by atoms with van der Waals surface area (Å²) < 4.78 is 4.03. The van der Waals surface area contributed by atoms with Crippen LogP contribution in [0.1, 0.15) is 67.2 Å². The number of ether oxygens (including phenoxy) is 1. The highest BCUT2D eigenvalue weighted by Crippen LogP contribution is 2.65. The maximum atomic E-state index is 14.5. The van der Waals surface area contributed by atoms with Crippen molar-refractivity contribution in [2.24, 2.45) is 17.3 Å². The van der Waals surface area contributed by atoms with Crippen molar-refractivity contribution in [3.63, 3.8) is 0 Å². The fourth-order valence-corrected chi connectivity index (χ4v) is 9.26. The van der Waals surface area contributed by atoms with Gasteiger partial charge >= 0.3 is 5.97 Å². The minimum Gasteiger partial charge on any atom is -0.461 e. The summed E-state index contributed by atoms with van der Waals surface area (Å²) in [4.78, 5) is 45.5. The third-order valence-corrected chi connectivity index (χ3v) is 9.86. The number of aliphatic hydroxyl groups is 1. The number of aliphatic hydroxyl groups excluding tert-OH is 1. The highest BCUT2D eigenvalue weighted by Gasteiger charge is 2.74. The smallest absolute Gasteiger partial charge is 0.311 e. The maximum absolute atomic E-state index is 14.5. The molecule has 4 rings (SSSR count). The number of amides is 2. The second kappa shape index (κ2) is 9.50. The summed E-state index contributed by atoms with van der Waals surface area (Å²) in [5.74, 6) is -1.84. The molecule has 2 saturated heterocycles. The molecular weight excluding hydrogens is 476 g/mol. The molecule has 2 fully saturated rings. The van der Waals surface area contributed by atoms with Crippen LogP contribution < -0.4 is 0 Å². The molecule has 1 N–H and O–H groups in total. The Morgan fingerprint density at radius 1 is 1.03 bits per heavy atom. The van der Waals surface area contributed by atoms with E-state index in [0.29, 0.717) is 25.9 Å². The number of carbonyl (C=O) groups excluding carboxylic acids is 3. The summed E-state index contributed by atoms with van der Waals surface area (Å²) in [5.41, 5.74) is -0.391. The molecule has 4 aliphatic rings. The SMILES string of the molecule is CC(C)(C)CC(C)(C)N1CC=C[C@]23S[C@@]4(C)C=CCOC(=O)[C@H]4[C@H]2C(=O)N(CCCCCO)C3C1=O. The van der Waals surface area contributed by atoms with Crippen molar-refractivity contribution in [2.45, 2.75) is 88.3 Å². The van der Waals surface area contributed by atoms with Crippen molar-refractivity contribution in [3.8, 4) is 0 Å². The number of thioether (sulfide) groups is 1. The van der Waals surface area contributed by atoms with Crippen LogP contribution >= 0.6 is 11.8 Å². The second-order valence-electron chi connectivity index (χ2n) is 12.7. The zero-order valence-electron chi connectivity index (χ0n) is 22.6. The quantitative estimate of drug-likeness (QED) is 0.315. The van der Waals surface area contributed by atoms with Crippen LogP contribution in [-0.2, 0) is 19.1 Å². The third-order valence-electron chi connectivity index (χ3n) is 8.06. The van der Waals surface area contributed by atoms with Gasteiger partial charge in [-0.3, -0.25) is 14.4 Å². The zero-order valence-corrected chi connectivity index (χ0v) is 23.4. The van der Waals surface area contributed by atoms with Gasteiger partial charge in [0.2, 0.25) is 11.8 Å². The van der Waals surface area contributed by atoms with E-state index in [1.807, 2.05) is 30.1 Å². The number of hydrogen-bond acceptors (Lipinski definition) is 6. The fourth-order valence-electron chi connectivity index (χ4n) is 7.10. The number of fused-ring (bicyclic) bond motifs is 2. The van der Waals surface area contributed by atoms with E-state index in [-0.39, 0.29) is 36.4 Å². The highest BCUT2D eigenvalue weighted by atomic mass is 32.2. The van der Waals surface area contributed by atoms with Gasteiger partial charge in [-0.05, 0) is 57.9 Å². The third kappa shape index (κ3) is 4.53. The standard InChI is InChI=1S/C28H42N2O5S/c1-25(2,3)18-26(4,5)30-15-10-13-28-19(20-24(34)35-17-11-12-27(20,6)36-28)22(32)29(21(28)23(30)33)14-8-7-9-16-31/h10-13,19-21,31H,7-9,14-18H2,1-6H3/t19-,20+,21?,27-,28-/m0/s1. The molecule has 0 aliphatic carbocycles. The lowest BCUT2D eigenvalue weighted by atomic mass is 9.74. The minimum absolute atomic E-state index is 0.0207. The van der Waals surface area contributed by atoms with Gasteiger partial charge in [0.15, 0.2) is 0 Å². The van der Waals surface area contributed by atoms with Gasteiger partial charge in [0, 0.05) is 30.0 Å².